The van der Waals surface area contributed by atoms with Crippen LogP contribution in [0.15, 0.2) is 52.3 Å². The molecular formula is C15H15N3S. The van der Waals surface area contributed by atoms with Crippen LogP contribution >= 0.6 is 11.8 Å². The van der Waals surface area contributed by atoms with Crippen LogP contribution in [0.3, 0.4) is 0 Å². The predicted molar refractivity (Wildman–Crippen MR) is 78.9 cm³/mol. The van der Waals surface area contributed by atoms with Crippen LogP contribution in [-0.2, 0) is 6.54 Å². The Labute approximate surface area is 117 Å². The second-order valence-corrected chi connectivity index (χ2v) is 5.19. The van der Waals surface area contributed by atoms with E-state index in [1.807, 2.05) is 25.2 Å². The predicted octanol–water partition coefficient (Wildman–Crippen LogP) is 3.01. The monoisotopic (exact) mass is 269 g/mol. The van der Waals surface area contributed by atoms with Gasteiger partial charge in [0.05, 0.1) is 11.6 Å². The maximum Gasteiger partial charge on any atom is 0.0992 e. The summed E-state index contributed by atoms with van der Waals surface area (Å²) in [6, 6.07) is 15.7. The van der Waals surface area contributed by atoms with Crippen molar-refractivity contribution >= 4 is 17.4 Å². The van der Waals surface area contributed by atoms with E-state index in [0.717, 1.165) is 11.4 Å². The van der Waals surface area contributed by atoms with Gasteiger partial charge in [-0.3, -0.25) is 0 Å². The molecule has 0 aliphatic heterocycles. The molecule has 0 atom stereocenters. The Balaban J connectivity index is 2.29. The molecule has 0 heterocycles. The number of anilines is 1. The molecule has 0 saturated carbocycles. The highest BCUT2D eigenvalue weighted by Crippen LogP contribution is 2.34. The first-order chi connectivity index (χ1) is 9.24. The molecule has 0 spiro atoms. The molecule has 96 valence electrons. The van der Waals surface area contributed by atoms with Crippen molar-refractivity contribution < 1.29 is 0 Å². The van der Waals surface area contributed by atoms with Gasteiger partial charge in [0, 0.05) is 22.0 Å². The van der Waals surface area contributed by atoms with Crippen molar-refractivity contribution in [2.45, 2.75) is 16.3 Å². The van der Waals surface area contributed by atoms with Gasteiger partial charge < -0.3 is 11.1 Å². The Morgan fingerprint density at radius 2 is 2.00 bits per heavy atom. The maximum atomic E-state index is 8.84. The minimum Gasteiger partial charge on any atom is -0.398 e. The molecule has 0 aliphatic rings. The van der Waals surface area contributed by atoms with Gasteiger partial charge in [-0.2, -0.15) is 5.26 Å². The van der Waals surface area contributed by atoms with Gasteiger partial charge in [0.25, 0.3) is 0 Å². The number of nitrogens with two attached hydrogens (primary N) is 1. The normalized spacial score (nSPS) is 10.1. The Morgan fingerprint density at radius 3 is 2.68 bits per heavy atom. The van der Waals surface area contributed by atoms with Crippen LogP contribution in [0.4, 0.5) is 5.69 Å². The highest BCUT2D eigenvalue weighted by Gasteiger charge is 2.06. The summed E-state index contributed by atoms with van der Waals surface area (Å²) in [5.74, 6) is 0. The standard InChI is InChI=1S/C15H15N3S/c1-18-10-12-4-2-3-5-14(12)19-15-7-6-11(9-16)8-13(15)17/h2-8,18H,10,17H2,1H3. The lowest BCUT2D eigenvalue weighted by Crippen LogP contribution is -2.05. The van der Waals surface area contributed by atoms with Crippen molar-refractivity contribution in [1.82, 2.24) is 5.32 Å². The minimum atomic E-state index is 0.588. The third kappa shape index (κ3) is 3.28. The van der Waals surface area contributed by atoms with Crippen molar-refractivity contribution in [3.05, 3.63) is 53.6 Å². The van der Waals surface area contributed by atoms with Crippen LogP contribution in [0, 0.1) is 11.3 Å². The Hall–Kier alpha value is -1.96. The van der Waals surface area contributed by atoms with Crippen LogP contribution in [0.5, 0.6) is 0 Å². The average Bonchev–Trinajstić information content (AvgIpc) is 2.43. The Kier molecular flexibility index (Phi) is 4.45. The topological polar surface area (TPSA) is 61.8 Å². The number of nitrogens with one attached hydrogen (secondary N) is 1. The van der Waals surface area contributed by atoms with E-state index in [4.69, 9.17) is 11.0 Å². The second kappa shape index (κ2) is 6.28. The van der Waals surface area contributed by atoms with E-state index in [1.54, 1.807) is 23.9 Å². The summed E-state index contributed by atoms with van der Waals surface area (Å²) in [7, 11) is 1.93. The molecule has 3 nitrogen and oxygen atoms in total. The molecule has 0 fully saturated rings. The molecule has 0 aromatic heterocycles. The van der Waals surface area contributed by atoms with E-state index >= 15 is 0 Å². The summed E-state index contributed by atoms with van der Waals surface area (Å²) in [6.07, 6.45) is 0. The van der Waals surface area contributed by atoms with E-state index in [2.05, 4.69) is 23.5 Å². The van der Waals surface area contributed by atoms with Crippen molar-refractivity contribution in [3.8, 4) is 6.07 Å². The molecule has 0 saturated heterocycles. The first-order valence-electron chi connectivity index (χ1n) is 5.94. The summed E-state index contributed by atoms with van der Waals surface area (Å²) >= 11 is 1.63. The number of nitrogen functional groups attached to an aromatic ring is 1. The molecule has 0 unspecified atom stereocenters. The zero-order valence-corrected chi connectivity index (χ0v) is 11.5. The number of benzene rings is 2. The van der Waals surface area contributed by atoms with Crippen molar-refractivity contribution in [2.75, 3.05) is 12.8 Å². The number of nitriles is 1. The average molecular weight is 269 g/mol. The van der Waals surface area contributed by atoms with E-state index < -0.39 is 0 Å². The van der Waals surface area contributed by atoms with Crippen LogP contribution < -0.4 is 11.1 Å². The van der Waals surface area contributed by atoms with Gasteiger partial charge in [0.15, 0.2) is 0 Å². The maximum absolute atomic E-state index is 8.84. The van der Waals surface area contributed by atoms with Gasteiger partial charge in [0.2, 0.25) is 0 Å². The highest BCUT2D eigenvalue weighted by atomic mass is 32.2. The summed E-state index contributed by atoms with van der Waals surface area (Å²) in [6.45, 7) is 0.819. The van der Waals surface area contributed by atoms with Crippen LogP contribution in [0.1, 0.15) is 11.1 Å². The number of nitrogens with zero attached hydrogens (tertiary/aromatic N) is 1. The van der Waals surface area contributed by atoms with E-state index in [1.165, 1.54) is 10.5 Å². The largest absolute Gasteiger partial charge is 0.398 e. The lowest BCUT2D eigenvalue weighted by Gasteiger charge is -2.10. The molecular weight excluding hydrogens is 254 g/mol. The zero-order valence-electron chi connectivity index (χ0n) is 10.7. The van der Waals surface area contributed by atoms with Crippen LogP contribution in [0.2, 0.25) is 0 Å². The second-order valence-electron chi connectivity index (χ2n) is 4.10. The number of hydrogen-bond donors (Lipinski definition) is 2. The fraction of sp³-hybridized carbons (Fsp3) is 0.133. The number of rotatable bonds is 4. The molecule has 0 amide bonds. The molecule has 0 radical (unpaired) electrons. The molecule has 2 rings (SSSR count). The third-order valence-corrected chi connectivity index (χ3v) is 3.91. The van der Waals surface area contributed by atoms with E-state index in [9.17, 15) is 0 Å². The SMILES string of the molecule is CNCc1ccccc1Sc1ccc(C#N)cc1N. The Morgan fingerprint density at radius 1 is 1.21 bits per heavy atom. The van der Waals surface area contributed by atoms with Crippen molar-refractivity contribution in [3.63, 3.8) is 0 Å². The zero-order chi connectivity index (χ0) is 13.7. The fourth-order valence-electron chi connectivity index (χ4n) is 1.77. The summed E-state index contributed by atoms with van der Waals surface area (Å²) in [5.41, 5.74) is 8.45. The lowest BCUT2D eigenvalue weighted by molar-refractivity contribution is 0.803. The summed E-state index contributed by atoms with van der Waals surface area (Å²) < 4.78 is 0. The van der Waals surface area contributed by atoms with Gasteiger partial charge in [-0.25, -0.2) is 0 Å². The highest BCUT2D eigenvalue weighted by molar-refractivity contribution is 7.99. The minimum absolute atomic E-state index is 0.588. The lowest BCUT2D eigenvalue weighted by atomic mass is 10.2. The van der Waals surface area contributed by atoms with Gasteiger partial charge in [-0.05, 0) is 36.9 Å². The molecule has 0 bridgehead atoms. The van der Waals surface area contributed by atoms with Crippen LogP contribution in [0.25, 0.3) is 0 Å². The quantitative estimate of drug-likeness (QED) is 0.838. The molecule has 0 aliphatic carbocycles. The molecule has 2 aromatic rings. The van der Waals surface area contributed by atoms with E-state index in [0.29, 0.717) is 11.3 Å². The van der Waals surface area contributed by atoms with Gasteiger partial charge in [0.1, 0.15) is 0 Å². The summed E-state index contributed by atoms with van der Waals surface area (Å²) in [4.78, 5) is 2.15. The third-order valence-electron chi connectivity index (χ3n) is 2.70. The Bertz CT molecular complexity index is 617. The fourth-order valence-corrected chi connectivity index (χ4v) is 2.74. The molecule has 2 aromatic carbocycles. The first-order valence-corrected chi connectivity index (χ1v) is 6.76. The first kappa shape index (κ1) is 13.5. The van der Waals surface area contributed by atoms with E-state index in [-0.39, 0.29) is 0 Å². The molecule has 19 heavy (non-hydrogen) atoms. The van der Waals surface area contributed by atoms with Crippen molar-refractivity contribution in [2.24, 2.45) is 0 Å². The van der Waals surface area contributed by atoms with Crippen molar-refractivity contribution in [1.29, 1.82) is 5.26 Å². The smallest absolute Gasteiger partial charge is 0.0992 e. The van der Waals surface area contributed by atoms with Crippen LogP contribution in [-0.4, -0.2) is 7.05 Å². The molecule has 3 N–H and O–H groups in total. The van der Waals surface area contributed by atoms with Gasteiger partial charge in [-0.1, -0.05) is 30.0 Å². The van der Waals surface area contributed by atoms with Gasteiger partial charge in [-0.15, -0.1) is 0 Å². The molecule has 4 heteroatoms. The number of hydrogen-bond acceptors (Lipinski definition) is 4. The summed E-state index contributed by atoms with van der Waals surface area (Å²) in [5, 5.41) is 12.0. The van der Waals surface area contributed by atoms with Gasteiger partial charge >= 0.3 is 0 Å².